The Bertz CT molecular complexity index is 365. The molecule has 2 saturated heterocycles. The second kappa shape index (κ2) is 8.09. The van der Waals surface area contributed by atoms with Gasteiger partial charge in [-0.2, -0.15) is 0 Å². The van der Waals surface area contributed by atoms with E-state index in [9.17, 15) is 30.6 Å². The molecule has 0 aromatic rings. The molecule has 0 unspecified atom stereocenters. The topological polar surface area (TPSA) is 179 Å². The highest BCUT2D eigenvalue weighted by molar-refractivity contribution is 4.89. The van der Waals surface area contributed by atoms with Crippen molar-refractivity contribution >= 4 is 0 Å². The van der Waals surface area contributed by atoms with Gasteiger partial charge in [-0.05, 0) is 0 Å². The van der Waals surface area contributed by atoms with Gasteiger partial charge < -0.3 is 45.2 Å². The van der Waals surface area contributed by atoms with Crippen molar-refractivity contribution in [3.8, 4) is 0 Å². The minimum atomic E-state index is -1.69. The molecule has 2 aliphatic rings. The van der Waals surface area contributed by atoms with Crippen LogP contribution in [-0.4, -0.2) is 111 Å². The van der Waals surface area contributed by atoms with Crippen molar-refractivity contribution < 1.29 is 55.0 Å². The highest BCUT2D eigenvalue weighted by Crippen LogP contribution is 2.25. The third-order valence-corrected chi connectivity index (χ3v) is 3.87. The fourth-order valence-corrected chi connectivity index (χ4v) is 2.40. The summed E-state index contributed by atoms with van der Waals surface area (Å²) in [6.45, 7) is -1.36. The molecular formula is C12H22O11. The van der Waals surface area contributed by atoms with E-state index in [0.29, 0.717) is 0 Å². The van der Waals surface area contributed by atoms with E-state index in [4.69, 9.17) is 24.4 Å². The van der Waals surface area contributed by atoms with Crippen molar-refractivity contribution in [1.29, 1.82) is 0 Å². The third kappa shape index (κ3) is 3.97. The maximum atomic E-state index is 9.85. The number of rotatable bonds is 5. The van der Waals surface area contributed by atoms with E-state index in [0.717, 1.165) is 0 Å². The first-order valence-electron chi connectivity index (χ1n) is 7.12. The van der Waals surface area contributed by atoms with E-state index in [-0.39, 0.29) is 6.61 Å². The van der Waals surface area contributed by atoms with Crippen LogP contribution in [0.1, 0.15) is 0 Å². The molecule has 0 saturated carbocycles. The number of ether oxygens (including phenoxy) is 2. The second-order valence-corrected chi connectivity index (χ2v) is 5.47. The first-order valence-corrected chi connectivity index (χ1v) is 7.12. The molecule has 0 bridgehead atoms. The van der Waals surface area contributed by atoms with Crippen molar-refractivity contribution in [2.45, 2.75) is 55.1 Å². The van der Waals surface area contributed by atoms with Gasteiger partial charge in [0.15, 0.2) is 0 Å². The summed E-state index contributed by atoms with van der Waals surface area (Å²) < 4.78 is 10.1. The molecule has 136 valence electrons. The predicted molar refractivity (Wildman–Crippen MR) is 68.6 cm³/mol. The SMILES string of the molecule is OC[C@@H]1OC[C@@H](O)[C@@H](O)[C@@H]1OO[C@H]1O[C@H](CO)[C@@H](O)[C@H](O)[C@H]1O. The summed E-state index contributed by atoms with van der Waals surface area (Å²) in [7, 11) is 0. The van der Waals surface area contributed by atoms with Crippen LogP contribution in [0.2, 0.25) is 0 Å². The molecule has 0 amide bonds. The molecule has 2 fully saturated rings. The highest BCUT2D eigenvalue weighted by Gasteiger charge is 2.46. The molecule has 0 aliphatic carbocycles. The number of aliphatic hydroxyl groups excluding tert-OH is 7. The Kier molecular flexibility index (Phi) is 6.65. The molecule has 0 spiro atoms. The van der Waals surface area contributed by atoms with Gasteiger partial charge in [-0.15, -0.1) is 0 Å². The molecule has 11 nitrogen and oxygen atoms in total. The lowest BCUT2D eigenvalue weighted by molar-refractivity contribution is -0.457. The summed E-state index contributed by atoms with van der Waals surface area (Å²) in [5, 5.41) is 66.6. The summed E-state index contributed by atoms with van der Waals surface area (Å²) in [5.74, 6) is 0. The summed E-state index contributed by atoms with van der Waals surface area (Å²) in [4.78, 5) is 9.72. The first-order chi connectivity index (χ1) is 10.9. The Hall–Kier alpha value is -0.440. The van der Waals surface area contributed by atoms with Gasteiger partial charge in [-0.3, -0.25) is 0 Å². The van der Waals surface area contributed by atoms with Crippen molar-refractivity contribution in [3.63, 3.8) is 0 Å². The maximum absolute atomic E-state index is 9.85. The number of aliphatic hydroxyl groups is 7. The van der Waals surface area contributed by atoms with Gasteiger partial charge in [0.2, 0.25) is 6.29 Å². The van der Waals surface area contributed by atoms with Crippen LogP contribution >= 0.6 is 0 Å². The normalized spacial score (nSPS) is 48.4. The third-order valence-electron chi connectivity index (χ3n) is 3.87. The smallest absolute Gasteiger partial charge is 0.220 e. The van der Waals surface area contributed by atoms with Crippen LogP contribution in [0, 0.1) is 0 Å². The van der Waals surface area contributed by atoms with Crippen molar-refractivity contribution in [2.75, 3.05) is 19.8 Å². The lowest BCUT2D eigenvalue weighted by atomic mass is 9.99. The Morgan fingerprint density at radius 1 is 0.783 bits per heavy atom. The zero-order chi connectivity index (χ0) is 17.1. The van der Waals surface area contributed by atoms with Crippen LogP contribution in [0.5, 0.6) is 0 Å². The van der Waals surface area contributed by atoms with Crippen LogP contribution < -0.4 is 0 Å². The Morgan fingerprint density at radius 3 is 2.04 bits per heavy atom. The lowest BCUT2D eigenvalue weighted by Gasteiger charge is -2.41. The van der Waals surface area contributed by atoms with Gasteiger partial charge in [0.05, 0.1) is 19.8 Å². The largest absolute Gasteiger partial charge is 0.394 e. The molecule has 11 heteroatoms. The van der Waals surface area contributed by atoms with E-state index < -0.39 is 68.3 Å². The Labute approximate surface area is 131 Å². The monoisotopic (exact) mass is 342 g/mol. The van der Waals surface area contributed by atoms with E-state index in [1.165, 1.54) is 0 Å². The zero-order valence-electron chi connectivity index (χ0n) is 12.1. The fraction of sp³-hybridized carbons (Fsp3) is 1.00. The van der Waals surface area contributed by atoms with Crippen molar-refractivity contribution in [1.82, 2.24) is 0 Å². The summed E-state index contributed by atoms with van der Waals surface area (Å²) in [6.07, 6.45) is -12.6. The lowest BCUT2D eigenvalue weighted by Crippen LogP contribution is -2.60. The van der Waals surface area contributed by atoms with Gasteiger partial charge in [0.1, 0.15) is 48.8 Å². The van der Waals surface area contributed by atoms with Crippen molar-refractivity contribution in [3.05, 3.63) is 0 Å². The summed E-state index contributed by atoms with van der Waals surface area (Å²) in [5.41, 5.74) is 0. The first kappa shape index (κ1) is 18.9. The Balaban J connectivity index is 1.97. The minimum Gasteiger partial charge on any atom is -0.394 e. The molecular weight excluding hydrogens is 320 g/mol. The molecule has 7 N–H and O–H groups in total. The molecule has 9 atom stereocenters. The van der Waals surface area contributed by atoms with Gasteiger partial charge in [0, 0.05) is 0 Å². The van der Waals surface area contributed by atoms with E-state index in [1.807, 2.05) is 0 Å². The maximum Gasteiger partial charge on any atom is 0.220 e. The highest BCUT2D eigenvalue weighted by atomic mass is 17.2. The molecule has 0 radical (unpaired) electrons. The summed E-state index contributed by atoms with van der Waals surface area (Å²) >= 11 is 0. The van der Waals surface area contributed by atoms with Gasteiger partial charge in [0.25, 0.3) is 0 Å². The molecule has 23 heavy (non-hydrogen) atoms. The average molecular weight is 342 g/mol. The number of hydrogen-bond donors (Lipinski definition) is 7. The van der Waals surface area contributed by atoms with Crippen LogP contribution in [0.4, 0.5) is 0 Å². The second-order valence-electron chi connectivity index (χ2n) is 5.47. The van der Waals surface area contributed by atoms with Crippen LogP contribution in [-0.2, 0) is 19.2 Å². The number of hydrogen-bond acceptors (Lipinski definition) is 11. The van der Waals surface area contributed by atoms with Gasteiger partial charge in [-0.1, -0.05) is 0 Å². The van der Waals surface area contributed by atoms with Gasteiger partial charge >= 0.3 is 0 Å². The van der Waals surface area contributed by atoms with E-state index in [1.54, 1.807) is 0 Å². The molecule has 2 heterocycles. The predicted octanol–water partition coefficient (Wildman–Crippen LogP) is -4.78. The molecule has 2 aliphatic heterocycles. The zero-order valence-corrected chi connectivity index (χ0v) is 12.1. The average Bonchev–Trinajstić information content (AvgIpc) is 2.55. The van der Waals surface area contributed by atoms with Crippen molar-refractivity contribution in [2.24, 2.45) is 0 Å². The fourth-order valence-electron chi connectivity index (χ4n) is 2.40. The molecule has 0 aromatic carbocycles. The van der Waals surface area contributed by atoms with Crippen LogP contribution in [0.15, 0.2) is 0 Å². The Morgan fingerprint density at radius 2 is 1.43 bits per heavy atom. The minimum absolute atomic E-state index is 0.202. The van der Waals surface area contributed by atoms with E-state index in [2.05, 4.69) is 0 Å². The van der Waals surface area contributed by atoms with Crippen LogP contribution in [0.3, 0.4) is 0 Å². The van der Waals surface area contributed by atoms with Gasteiger partial charge in [-0.25, -0.2) is 9.78 Å². The van der Waals surface area contributed by atoms with Crippen LogP contribution in [0.25, 0.3) is 0 Å². The quantitative estimate of drug-likeness (QED) is 0.188. The molecule has 2 rings (SSSR count). The summed E-state index contributed by atoms with van der Waals surface area (Å²) in [6, 6.07) is 0. The molecule has 0 aromatic heterocycles. The standard InChI is InChI=1S/C12H22O11/c13-1-5-8(17)9(18)10(19)12(21-5)23-22-11-6(2-14)20-3-4(15)7(11)16/h4-19H,1-3H2/t4-,5-,6+,7-,8-,9+,10-,11-,12-/m1/s1. The van der Waals surface area contributed by atoms with E-state index >= 15 is 0 Å².